The second kappa shape index (κ2) is 16.6. The number of nitrogens with two attached hydrogens (primary N) is 1. The summed E-state index contributed by atoms with van der Waals surface area (Å²) in [5.74, 6) is -0.378. The number of hydrogen-bond acceptors (Lipinski definition) is 11. The Morgan fingerprint density at radius 1 is 0.917 bits per heavy atom. The van der Waals surface area contributed by atoms with E-state index in [1.165, 1.54) is 44.9 Å². The number of phosphoric ester groups is 1. The van der Waals surface area contributed by atoms with E-state index in [0.29, 0.717) is 36.7 Å². The van der Waals surface area contributed by atoms with Crippen molar-refractivity contribution in [3.05, 3.63) is 53.4 Å². The van der Waals surface area contributed by atoms with Gasteiger partial charge in [0.15, 0.2) is 11.6 Å². The molecule has 5 rings (SSSR count). The first-order valence-electron chi connectivity index (χ1n) is 17.1. The van der Waals surface area contributed by atoms with Crippen LogP contribution in [0.4, 0.5) is 5.82 Å². The van der Waals surface area contributed by atoms with Crippen molar-refractivity contribution in [2.75, 3.05) is 32.2 Å². The third kappa shape index (κ3) is 9.08. The zero-order valence-corrected chi connectivity index (χ0v) is 30.1. The van der Waals surface area contributed by atoms with E-state index in [1.807, 2.05) is 32.9 Å². The van der Waals surface area contributed by atoms with Gasteiger partial charge in [-0.2, -0.15) is 5.10 Å². The molecule has 0 saturated carbocycles. The van der Waals surface area contributed by atoms with Gasteiger partial charge in [0, 0.05) is 13.2 Å². The van der Waals surface area contributed by atoms with Crippen LogP contribution in [0, 0.1) is 0 Å². The van der Waals surface area contributed by atoms with E-state index in [2.05, 4.69) is 17.0 Å². The number of ether oxygens (including phenoxy) is 4. The maximum absolute atomic E-state index is 14.1. The van der Waals surface area contributed by atoms with Gasteiger partial charge in [0.25, 0.3) is 0 Å². The molecule has 1 unspecified atom stereocenters. The molecular formula is C34H50ClN4O8P. The average Bonchev–Trinajstić information content (AvgIpc) is 3.71. The molecule has 0 aliphatic carbocycles. The standard InChI is InChI=1S/C34H50ClN4O8P/c1-5-6-7-8-9-10-11-14-20-41-21-15-22-42-48(40,47-27-17-13-12-16-25(27)35)43-23-28-30-31(46-33(2,3)45-30)34(4,44-28)29-19-18-26-32(36)37-24-38-39(26)29/h12-13,16-19,24,28,30-31H,5-11,14-15,20-23H2,1-4H3,(H2,36,37,38)/t28-,30-,31-,34+,48?/m1/s1. The Bertz CT molecular complexity index is 1530. The molecule has 1 aromatic carbocycles. The molecule has 0 radical (unpaired) electrons. The van der Waals surface area contributed by atoms with Crippen molar-refractivity contribution >= 4 is 30.8 Å². The van der Waals surface area contributed by atoms with E-state index in [4.69, 9.17) is 49.9 Å². The zero-order valence-electron chi connectivity index (χ0n) is 28.5. The van der Waals surface area contributed by atoms with E-state index in [-0.39, 0.29) is 24.0 Å². The molecule has 0 amide bonds. The Hall–Kier alpha value is -2.28. The summed E-state index contributed by atoms with van der Waals surface area (Å²) in [7, 11) is -4.18. The molecule has 2 N–H and O–H groups in total. The summed E-state index contributed by atoms with van der Waals surface area (Å²) in [5, 5.41) is 4.68. The summed E-state index contributed by atoms with van der Waals surface area (Å²) >= 11 is 6.34. The first-order valence-corrected chi connectivity index (χ1v) is 18.9. The summed E-state index contributed by atoms with van der Waals surface area (Å²) < 4.78 is 58.4. The monoisotopic (exact) mass is 708 g/mol. The molecule has 48 heavy (non-hydrogen) atoms. The van der Waals surface area contributed by atoms with Crippen LogP contribution in [0.1, 0.15) is 91.2 Å². The van der Waals surface area contributed by atoms with Gasteiger partial charge < -0.3 is 29.2 Å². The predicted molar refractivity (Wildman–Crippen MR) is 183 cm³/mol. The van der Waals surface area contributed by atoms with Crippen LogP contribution in [-0.4, -0.2) is 65.1 Å². The van der Waals surface area contributed by atoms with Gasteiger partial charge in [-0.05, 0) is 57.9 Å². The molecule has 2 aliphatic rings. The van der Waals surface area contributed by atoms with Crippen molar-refractivity contribution in [2.24, 2.45) is 0 Å². The average molecular weight is 709 g/mol. The number of halogens is 1. The topological polar surface area (TPSA) is 138 Å². The van der Waals surface area contributed by atoms with Crippen molar-refractivity contribution in [1.29, 1.82) is 0 Å². The maximum Gasteiger partial charge on any atom is 0.530 e. The second-order valence-corrected chi connectivity index (χ2v) is 15.0. The third-order valence-corrected chi connectivity index (χ3v) is 10.4. The van der Waals surface area contributed by atoms with Crippen molar-refractivity contribution in [1.82, 2.24) is 14.6 Å². The van der Waals surface area contributed by atoms with Crippen LogP contribution in [0.15, 0.2) is 42.7 Å². The third-order valence-electron chi connectivity index (χ3n) is 8.69. The smallest absolute Gasteiger partial charge is 0.402 e. The second-order valence-electron chi connectivity index (χ2n) is 13.0. The van der Waals surface area contributed by atoms with Gasteiger partial charge >= 0.3 is 7.82 Å². The van der Waals surface area contributed by atoms with E-state index in [0.717, 1.165) is 12.8 Å². The Morgan fingerprint density at radius 2 is 1.65 bits per heavy atom. The lowest BCUT2D eigenvalue weighted by atomic mass is 9.93. The highest BCUT2D eigenvalue weighted by Crippen LogP contribution is 2.54. The molecule has 4 heterocycles. The van der Waals surface area contributed by atoms with E-state index >= 15 is 0 Å². The number of unbranched alkanes of at least 4 members (excludes halogenated alkanes) is 7. The number of hydrogen-bond donors (Lipinski definition) is 1. The van der Waals surface area contributed by atoms with Crippen LogP contribution in [0.25, 0.3) is 5.52 Å². The summed E-state index contributed by atoms with van der Waals surface area (Å²) in [6, 6.07) is 10.4. The fraction of sp³-hybridized carbons (Fsp3) is 0.647. The normalized spacial score (nSPS) is 24.6. The molecule has 5 atom stereocenters. The minimum absolute atomic E-state index is 0.0956. The van der Waals surface area contributed by atoms with Crippen LogP contribution in [0.3, 0.4) is 0 Å². The molecule has 0 spiro atoms. The lowest BCUT2D eigenvalue weighted by molar-refractivity contribution is -0.212. The molecule has 14 heteroatoms. The number of nitrogens with zero attached hydrogens (tertiary/aromatic N) is 3. The van der Waals surface area contributed by atoms with Crippen LogP contribution in [0.2, 0.25) is 5.02 Å². The molecule has 2 aromatic heterocycles. The van der Waals surface area contributed by atoms with E-state index in [9.17, 15) is 4.57 Å². The highest BCUT2D eigenvalue weighted by atomic mass is 35.5. The van der Waals surface area contributed by atoms with Crippen molar-refractivity contribution in [2.45, 2.75) is 115 Å². The quantitative estimate of drug-likeness (QED) is 0.0906. The molecule has 0 bridgehead atoms. The van der Waals surface area contributed by atoms with Crippen LogP contribution < -0.4 is 10.3 Å². The lowest BCUT2D eigenvalue weighted by Gasteiger charge is -2.31. The molecule has 266 valence electrons. The molecule has 12 nitrogen and oxygen atoms in total. The SMILES string of the molecule is CCCCCCCCCCOCCCOP(=O)(OC[C@H]1O[C@@](C)(c2ccc3c(N)ncnn23)[C@@H]2OC(C)(C)O[C@@H]21)Oc1ccccc1Cl. The molecule has 2 fully saturated rings. The number of nitrogen functional groups attached to an aromatic ring is 1. The fourth-order valence-electron chi connectivity index (χ4n) is 6.27. The summed E-state index contributed by atoms with van der Waals surface area (Å²) in [4.78, 5) is 4.09. The predicted octanol–water partition coefficient (Wildman–Crippen LogP) is 7.87. The van der Waals surface area contributed by atoms with Crippen LogP contribution >= 0.6 is 19.4 Å². The first-order chi connectivity index (χ1) is 23.1. The number of phosphoric acid groups is 1. The number of aromatic nitrogens is 3. The first kappa shape index (κ1) is 37.0. The number of rotatable bonds is 20. The van der Waals surface area contributed by atoms with Crippen LogP contribution in [-0.2, 0) is 38.2 Å². The van der Waals surface area contributed by atoms with Gasteiger partial charge in [-0.3, -0.25) is 9.05 Å². The van der Waals surface area contributed by atoms with Gasteiger partial charge in [0.2, 0.25) is 0 Å². The summed E-state index contributed by atoms with van der Waals surface area (Å²) in [6.45, 7) is 8.89. The number of fused-ring (bicyclic) bond motifs is 2. The molecular weight excluding hydrogens is 659 g/mol. The summed E-state index contributed by atoms with van der Waals surface area (Å²) in [6.07, 6.45) is 10.0. The van der Waals surface area contributed by atoms with E-state index in [1.54, 1.807) is 28.8 Å². The van der Waals surface area contributed by atoms with Gasteiger partial charge in [-0.15, -0.1) is 0 Å². The summed E-state index contributed by atoms with van der Waals surface area (Å²) in [5.41, 5.74) is 6.41. The van der Waals surface area contributed by atoms with E-state index < -0.39 is 37.5 Å². The van der Waals surface area contributed by atoms with Gasteiger partial charge in [0.1, 0.15) is 41.5 Å². The fourth-order valence-corrected chi connectivity index (χ4v) is 7.76. The Balaban J connectivity index is 1.20. The van der Waals surface area contributed by atoms with Gasteiger partial charge in [-0.1, -0.05) is 75.6 Å². The molecule has 2 saturated heterocycles. The van der Waals surface area contributed by atoms with Crippen molar-refractivity contribution in [3.8, 4) is 5.75 Å². The lowest BCUT2D eigenvalue weighted by Crippen LogP contribution is -2.39. The minimum atomic E-state index is -4.18. The van der Waals surface area contributed by atoms with Gasteiger partial charge in [-0.25, -0.2) is 14.1 Å². The Kier molecular flexibility index (Phi) is 12.8. The highest BCUT2D eigenvalue weighted by molar-refractivity contribution is 7.48. The Morgan fingerprint density at radius 3 is 2.42 bits per heavy atom. The molecule has 2 aliphatic heterocycles. The highest BCUT2D eigenvalue weighted by Gasteiger charge is 2.62. The maximum atomic E-state index is 14.1. The van der Waals surface area contributed by atoms with Crippen molar-refractivity contribution < 1.29 is 37.1 Å². The molecule has 3 aromatic rings. The largest absolute Gasteiger partial charge is 0.530 e. The number of benzene rings is 1. The van der Waals surface area contributed by atoms with Gasteiger partial charge in [0.05, 0.1) is 23.9 Å². The van der Waals surface area contributed by atoms with Crippen molar-refractivity contribution in [3.63, 3.8) is 0 Å². The van der Waals surface area contributed by atoms with Crippen LogP contribution in [0.5, 0.6) is 5.75 Å². The number of anilines is 1. The minimum Gasteiger partial charge on any atom is -0.402 e. The Labute approximate surface area is 288 Å². The zero-order chi connectivity index (χ0) is 34.2. The number of para-hydroxylation sites is 1.